The third-order valence-corrected chi connectivity index (χ3v) is 3.60. The van der Waals surface area contributed by atoms with Crippen LogP contribution in [0.5, 0.6) is 0 Å². The average Bonchev–Trinajstić information content (AvgIpc) is 2.88. The normalized spacial score (nSPS) is 19.1. The molecule has 19 heavy (non-hydrogen) atoms. The first-order chi connectivity index (χ1) is 9.24. The summed E-state index contributed by atoms with van der Waals surface area (Å²) < 4.78 is 18.8. The Morgan fingerprint density at radius 1 is 1.47 bits per heavy atom. The molecule has 0 spiro atoms. The molecule has 1 heterocycles. The third kappa shape index (κ3) is 3.67. The Bertz CT molecular complexity index is 411. The van der Waals surface area contributed by atoms with Crippen LogP contribution in [0.3, 0.4) is 0 Å². The second-order valence-corrected chi connectivity index (χ2v) is 5.04. The predicted molar refractivity (Wildman–Crippen MR) is 76.0 cm³/mol. The largest absolute Gasteiger partial charge is 0.380 e. The molecule has 1 unspecified atom stereocenters. The molecule has 2 rings (SSSR count). The van der Waals surface area contributed by atoms with Crippen LogP contribution < -0.4 is 10.2 Å². The average molecular weight is 266 g/mol. The Morgan fingerprint density at radius 3 is 3.00 bits per heavy atom. The number of rotatable bonds is 6. The fourth-order valence-electron chi connectivity index (χ4n) is 2.54. The van der Waals surface area contributed by atoms with Crippen molar-refractivity contribution < 1.29 is 9.13 Å². The van der Waals surface area contributed by atoms with Gasteiger partial charge >= 0.3 is 0 Å². The molecule has 1 saturated heterocycles. The van der Waals surface area contributed by atoms with E-state index >= 15 is 0 Å². The molecule has 0 amide bonds. The molecule has 1 fully saturated rings. The van der Waals surface area contributed by atoms with Crippen molar-refractivity contribution in [2.45, 2.75) is 32.4 Å². The molecule has 0 saturated carbocycles. The van der Waals surface area contributed by atoms with Gasteiger partial charge in [0.05, 0.1) is 6.10 Å². The first-order valence-electron chi connectivity index (χ1n) is 7.01. The van der Waals surface area contributed by atoms with E-state index in [0.29, 0.717) is 6.10 Å². The first-order valence-corrected chi connectivity index (χ1v) is 7.01. The molecule has 1 aliphatic heterocycles. The lowest BCUT2D eigenvalue weighted by molar-refractivity contribution is 0.121. The van der Waals surface area contributed by atoms with E-state index in [4.69, 9.17) is 4.74 Å². The Kier molecular flexibility index (Phi) is 5.16. The number of anilines is 1. The molecule has 1 aromatic carbocycles. The van der Waals surface area contributed by atoms with Gasteiger partial charge in [0.1, 0.15) is 5.82 Å². The van der Waals surface area contributed by atoms with Crippen molar-refractivity contribution in [3.05, 3.63) is 29.6 Å². The van der Waals surface area contributed by atoms with Crippen LogP contribution in [0.4, 0.5) is 10.1 Å². The summed E-state index contributed by atoms with van der Waals surface area (Å²) in [5.74, 6) is -0.167. The fourth-order valence-corrected chi connectivity index (χ4v) is 2.54. The molecule has 3 nitrogen and oxygen atoms in total. The van der Waals surface area contributed by atoms with E-state index in [0.717, 1.165) is 50.3 Å². The third-order valence-electron chi connectivity index (χ3n) is 3.60. The van der Waals surface area contributed by atoms with Crippen molar-refractivity contribution in [1.82, 2.24) is 5.32 Å². The van der Waals surface area contributed by atoms with E-state index in [-0.39, 0.29) is 5.82 Å². The van der Waals surface area contributed by atoms with Gasteiger partial charge in [-0.05, 0) is 43.1 Å². The SMILES string of the molecule is CCCNCc1cc(F)ccc1N1CCC(OC)C1. The molecule has 1 aliphatic rings. The monoisotopic (exact) mass is 266 g/mol. The summed E-state index contributed by atoms with van der Waals surface area (Å²) in [5, 5.41) is 3.34. The zero-order chi connectivity index (χ0) is 13.7. The number of halogens is 1. The lowest BCUT2D eigenvalue weighted by atomic mass is 10.1. The summed E-state index contributed by atoms with van der Waals surface area (Å²) in [6.45, 7) is 5.67. The molecular formula is C15H23FN2O. The summed E-state index contributed by atoms with van der Waals surface area (Å²) in [6, 6.07) is 5.06. The van der Waals surface area contributed by atoms with Crippen molar-refractivity contribution >= 4 is 5.69 Å². The van der Waals surface area contributed by atoms with Gasteiger partial charge in [0.2, 0.25) is 0 Å². The minimum Gasteiger partial charge on any atom is -0.380 e. The maximum absolute atomic E-state index is 13.4. The van der Waals surface area contributed by atoms with E-state index in [1.54, 1.807) is 19.2 Å². The van der Waals surface area contributed by atoms with E-state index in [2.05, 4.69) is 17.1 Å². The molecule has 0 radical (unpaired) electrons. The molecule has 1 aromatic rings. The van der Waals surface area contributed by atoms with Crippen molar-refractivity contribution in [3.63, 3.8) is 0 Å². The Hall–Kier alpha value is -1.13. The van der Waals surface area contributed by atoms with Gasteiger partial charge < -0.3 is 15.0 Å². The van der Waals surface area contributed by atoms with Gasteiger partial charge in [-0.3, -0.25) is 0 Å². The van der Waals surface area contributed by atoms with E-state index in [1.165, 1.54) is 0 Å². The van der Waals surface area contributed by atoms with Crippen LogP contribution in [0, 0.1) is 5.82 Å². The molecule has 106 valence electrons. The van der Waals surface area contributed by atoms with Gasteiger partial charge in [-0.15, -0.1) is 0 Å². The van der Waals surface area contributed by atoms with Crippen molar-refractivity contribution in [2.24, 2.45) is 0 Å². The van der Waals surface area contributed by atoms with E-state index in [1.807, 2.05) is 6.07 Å². The number of ether oxygens (including phenoxy) is 1. The highest BCUT2D eigenvalue weighted by Crippen LogP contribution is 2.26. The van der Waals surface area contributed by atoms with Crippen molar-refractivity contribution in [2.75, 3.05) is 31.6 Å². The number of methoxy groups -OCH3 is 1. The standard InChI is InChI=1S/C15H23FN2O/c1-3-7-17-10-12-9-13(16)4-5-15(12)18-8-6-14(11-18)19-2/h4-5,9,14,17H,3,6-8,10-11H2,1-2H3. The number of benzene rings is 1. The molecule has 1 atom stereocenters. The maximum atomic E-state index is 13.4. The topological polar surface area (TPSA) is 24.5 Å². The molecule has 0 bridgehead atoms. The summed E-state index contributed by atoms with van der Waals surface area (Å²) in [7, 11) is 1.75. The van der Waals surface area contributed by atoms with Crippen LogP contribution in [0.2, 0.25) is 0 Å². The highest BCUT2D eigenvalue weighted by molar-refractivity contribution is 5.54. The molecule has 0 aliphatic carbocycles. The summed E-state index contributed by atoms with van der Waals surface area (Å²) >= 11 is 0. The Labute approximate surface area is 114 Å². The number of nitrogens with one attached hydrogen (secondary N) is 1. The Morgan fingerprint density at radius 2 is 2.32 bits per heavy atom. The Balaban J connectivity index is 2.10. The zero-order valence-corrected chi connectivity index (χ0v) is 11.8. The van der Waals surface area contributed by atoms with E-state index < -0.39 is 0 Å². The maximum Gasteiger partial charge on any atom is 0.123 e. The van der Waals surface area contributed by atoms with Crippen LogP contribution in [0.1, 0.15) is 25.3 Å². The number of hydrogen-bond acceptors (Lipinski definition) is 3. The minimum atomic E-state index is -0.167. The summed E-state index contributed by atoms with van der Waals surface area (Å²) in [5.41, 5.74) is 2.16. The number of hydrogen-bond donors (Lipinski definition) is 1. The van der Waals surface area contributed by atoms with Crippen molar-refractivity contribution in [1.29, 1.82) is 0 Å². The highest BCUT2D eigenvalue weighted by atomic mass is 19.1. The molecule has 0 aromatic heterocycles. The first kappa shape index (κ1) is 14.3. The van der Waals surface area contributed by atoms with Gasteiger partial charge in [0.15, 0.2) is 0 Å². The van der Waals surface area contributed by atoms with Crippen LogP contribution in [0.15, 0.2) is 18.2 Å². The van der Waals surface area contributed by atoms with Crippen LogP contribution in [-0.2, 0) is 11.3 Å². The van der Waals surface area contributed by atoms with Crippen LogP contribution in [0.25, 0.3) is 0 Å². The lowest BCUT2D eigenvalue weighted by Gasteiger charge is -2.22. The quantitative estimate of drug-likeness (QED) is 0.801. The molecule has 1 N–H and O–H groups in total. The van der Waals surface area contributed by atoms with Gasteiger partial charge in [-0.2, -0.15) is 0 Å². The van der Waals surface area contributed by atoms with Gasteiger partial charge in [0.25, 0.3) is 0 Å². The molecule has 4 heteroatoms. The lowest BCUT2D eigenvalue weighted by Crippen LogP contribution is -2.25. The smallest absolute Gasteiger partial charge is 0.123 e. The highest BCUT2D eigenvalue weighted by Gasteiger charge is 2.23. The second kappa shape index (κ2) is 6.87. The molecular weight excluding hydrogens is 243 g/mol. The van der Waals surface area contributed by atoms with Crippen LogP contribution >= 0.6 is 0 Å². The predicted octanol–water partition coefficient (Wildman–Crippen LogP) is 2.55. The zero-order valence-electron chi connectivity index (χ0n) is 11.8. The number of nitrogens with zero attached hydrogens (tertiary/aromatic N) is 1. The minimum absolute atomic E-state index is 0.167. The second-order valence-electron chi connectivity index (χ2n) is 5.04. The summed E-state index contributed by atoms with van der Waals surface area (Å²) in [6.07, 6.45) is 2.41. The van der Waals surface area contributed by atoms with Gasteiger partial charge in [-0.25, -0.2) is 4.39 Å². The van der Waals surface area contributed by atoms with Gasteiger partial charge in [0, 0.05) is 32.4 Å². The van der Waals surface area contributed by atoms with Crippen molar-refractivity contribution in [3.8, 4) is 0 Å². The van der Waals surface area contributed by atoms with Gasteiger partial charge in [-0.1, -0.05) is 6.92 Å². The fraction of sp³-hybridized carbons (Fsp3) is 0.600. The summed E-state index contributed by atoms with van der Waals surface area (Å²) in [4.78, 5) is 2.29. The van der Waals surface area contributed by atoms with E-state index in [9.17, 15) is 4.39 Å². The van der Waals surface area contributed by atoms with Crippen LogP contribution in [-0.4, -0.2) is 32.8 Å².